The number of nitrogens with zero attached hydrogens (tertiary/aromatic N) is 1. The standard InChI is InChI=1S/C10H8ClNOSe.Li/c1-10(6-12,9(13)14)7-3-2-4-8(11)5-7;/h2-5H,1H3,(H,13,14);/q;+1/p-1. The Bertz CT molecular complexity index is 432. The van der Waals surface area contributed by atoms with E-state index in [0.717, 1.165) is 0 Å². The zero-order valence-electron chi connectivity index (χ0n) is 8.45. The molecular weight excluding hydrogens is 271 g/mol. The molecular formula is C10H7ClLiNOSe. The normalized spacial score (nSPS) is 14.1. The Hall–Kier alpha value is -0.213. The van der Waals surface area contributed by atoms with Gasteiger partial charge < -0.3 is 0 Å². The van der Waals surface area contributed by atoms with E-state index >= 15 is 0 Å². The van der Waals surface area contributed by atoms with Crippen molar-refractivity contribution >= 4 is 44.8 Å². The monoisotopic (exact) mass is 279 g/mol. The third-order valence-corrected chi connectivity index (χ3v) is 4.09. The number of rotatable bonds is 3. The van der Waals surface area contributed by atoms with Crippen molar-refractivity contribution in [2.45, 2.75) is 12.3 Å². The first-order valence-corrected chi connectivity index (χ1v) is 7.25. The predicted molar refractivity (Wildman–Crippen MR) is 60.9 cm³/mol. The minimum atomic E-state index is -1.06. The number of carbonyl (C=O) groups is 1. The van der Waals surface area contributed by atoms with Gasteiger partial charge in [0.1, 0.15) is 0 Å². The SMILES string of the molecule is [Li][Se]C(=O)C(C)(C#N)c1cccc(Cl)c1. The Balaban J connectivity index is 3.24. The van der Waals surface area contributed by atoms with Crippen LogP contribution in [0.2, 0.25) is 5.02 Å². The third kappa shape index (κ3) is 2.67. The van der Waals surface area contributed by atoms with E-state index in [4.69, 9.17) is 16.9 Å². The molecule has 2 nitrogen and oxygen atoms in total. The maximum atomic E-state index is 11.7. The minimum absolute atomic E-state index is 0.0280. The molecule has 0 aromatic heterocycles. The molecule has 1 rings (SSSR count). The molecule has 0 bridgehead atoms. The van der Waals surface area contributed by atoms with Crippen molar-refractivity contribution in [3.05, 3.63) is 34.9 Å². The van der Waals surface area contributed by atoms with Crippen LogP contribution in [0.15, 0.2) is 24.3 Å². The van der Waals surface area contributed by atoms with Gasteiger partial charge in [-0.3, -0.25) is 0 Å². The zero-order valence-corrected chi connectivity index (χ0v) is 10.9. The first-order valence-electron chi connectivity index (χ1n) is 4.30. The first-order chi connectivity index (χ1) is 7.04. The fraction of sp³-hybridized carbons (Fsp3) is 0.200. The number of hydrogen-bond donors (Lipinski definition) is 0. The van der Waals surface area contributed by atoms with E-state index in [1.54, 1.807) is 31.2 Å². The number of halogens is 1. The molecule has 0 saturated heterocycles. The van der Waals surface area contributed by atoms with Gasteiger partial charge in [0.25, 0.3) is 0 Å². The fourth-order valence-electron chi connectivity index (χ4n) is 1.23. The Morgan fingerprint density at radius 3 is 2.80 bits per heavy atom. The van der Waals surface area contributed by atoms with Crippen LogP contribution in [0.1, 0.15) is 12.5 Å². The number of carbonyl (C=O) groups excluding carboxylic acids is 1. The molecule has 0 amide bonds. The van der Waals surface area contributed by atoms with Crippen molar-refractivity contribution < 1.29 is 4.79 Å². The van der Waals surface area contributed by atoms with Crippen molar-refractivity contribution in [2.24, 2.45) is 0 Å². The summed E-state index contributed by atoms with van der Waals surface area (Å²) in [5.41, 5.74) is -0.383. The number of benzene rings is 1. The van der Waals surface area contributed by atoms with E-state index < -0.39 is 5.41 Å². The topological polar surface area (TPSA) is 40.9 Å². The summed E-state index contributed by atoms with van der Waals surface area (Å²) in [5.74, 6) is 0. The second-order valence-corrected chi connectivity index (χ2v) is 5.31. The van der Waals surface area contributed by atoms with Gasteiger partial charge in [0, 0.05) is 0 Å². The van der Waals surface area contributed by atoms with Crippen molar-refractivity contribution in [1.29, 1.82) is 5.26 Å². The summed E-state index contributed by atoms with van der Waals surface area (Å²) in [7, 11) is 0. The Labute approximate surface area is 108 Å². The third-order valence-electron chi connectivity index (χ3n) is 2.22. The second-order valence-electron chi connectivity index (χ2n) is 3.24. The molecule has 0 saturated carbocycles. The Kier molecular flexibility index (Phi) is 4.47. The van der Waals surface area contributed by atoms with Crippen LogP contribution in [0.5, 0.6) is 0 Å². The maximum absolute atomic E-state index is 11.7. The van der Waals surface area contributed by atoms with Crippen molar-refractivity contribution in [1.82, 2.24) is 0 Å². The zero-order chi connectivity index (χ0) is 11.5. The van der Waals surface area contributed by atoms with Gasteiger partial charge in [0.15, 0.2) is 0 Å². The Morgan fingerprint density at radius 1 is 1.67 bits per heavy atom. The molecule has 0 radical (unpaired) electrons. The van der Waals surface area contributed by atoms with Crippen LogP contribution in [0.4, 0.5) is 0 Å². The molecule has 0 spiro atoms. The van der Waals surface area contributed by atoms with Gasteiger partial charge in [-0.05, 0) is 0 Å². The second kappa shape index (κ2) is 5.22. The summed E-state index contributed by atoms with van der Waals surface area (Å²) >= 11 is 7.47. The van der Waals surface area contributed by atoms with Crippen molar-refractivity contribution in [3.63, 3.8) is 0 Å². The van der Waals surface area contributed by atoms with E-state index in [0.29, 0.717) is 10.6 Å². The van der Waals surface area contributed by atoms with Crippen LogP contribution in [-0.2, 0) is 10.2 Å². The quantitative estimate of drug-likeness (QED) is 0.785. The van der Waals surface area contributed by atoms with Gasteiger partial charge in [-0.15, -0.1) is 0 Å². The molecule has 1 aromatic carbocycles. The van der Waals surface area contributed by atoms with Crippen LogP contribution < -0.4 is 0 Å². The molecule has 0 aliphatic carbocycles. The molecule has 0 heterocycles. The van der Waals surface area contributed by atoms with Gasteiger partial charge in [-0.2, -0.15) is 0 Å². The van der Waals surface area contributed by atoms with Crippen LogP contribution in [0.3, 0.4) is 0 Å². The van der Waals surface area contributed by atoms with Crippen LogP contribution in [0, 0.1) is 11.3 Å². The van der Waals surface area contributed by atoms with Gasteiger partial charge in [-0.25, -0.2) is 0 Å². The molecule has 15 heavy (non-hydrogen) atoms. The van der Waals surface area contributed by atoms with E-state index in [9.17, 15) is 4.79 Å². The number of nitriles is 1. The molecule has 1 unspecified atom stereocenters. The van der Waals surface area contributed by atoms with E-state index in [1.165, 1.54) is 0 Å². The molecule has 0 N–H and O–H groups in total. The Morgan fingerprint density at radius 2 is 2.33 bits per heavy atom. The summed E-state index contributed by atoms with van der Waals surface area (Å²) in [4.78, 5) is 11.7. The van der Waals surface area contributed by atoms with E-state index in [-0.39, 0.29) is 17.5 Å². The summed E-state index contributed by atoms with van der Waals surface area (Å²) in [5, 5.41) is 9.67. The molecule has 1 aromatic rings. The van der Waals surface area contributed by atoms with Gasteiger partial charge in [-0.1, -0.05) is 0 Å². The number of hydrogen-bond acceptors (Lipinski definition) is 2. The van der Waals surface area contributed by atoms with Crippen LogP contribution in [-0.4, -0.2) is 33.2 Å². The molecule has 1 atom stereocenters. The van der Waals surface area contributed by atoms with E-state index in [1.807, 2.05) is 15.8 Å². The van der Waals surface area contributed by atoms with Crippen LogP contribution >= 0.6 is 11.6 Å². The summed E-state index contributed by atoms with van der Waals surface area (Å²) in [6.07, 6.45) is 0. The predicted octanol–water partition coefficient (Wildman–Crippen LogP) is 1.44. The van der Waals surface area contributed by atoms with Gasteiger partial charge in [0.05, 0.1) is 0 Å². The average molecular weight is 279 g/mol. The van der Waals surface area contributed by atoms with Crippen molar-refractivity contribution in [3.8, 4) is 6.07 Å². The fourth-order valence-corrected chi connectivity index (χ4v) is 2.62. The van der Waals surface area contributed by atoms with E-state index in [2.05, 4.69) is 6.07 Å². The summed E-state index contributed by atoms with van der Waals surface area (Å²) in [6, 6.07) is 9.00. The van der Waals surface area contributed by atoms with Crippen molar-refractivity contribution in [2.75, 3.05) is 0 Å². The average Bonchev–Trinajstić information content (AvgIpc) is 2.26. The molecule has 0 fully saturated rings. The van der Waals surface area contributed by atoms with Crippen LogP contribution in [0.25, 0.3) is 0 Å². The first kappa shape index (κ1) is 12.9. The molecule has 0 aliphatic heterocycles. The summed E-state index contributed by atoms with van der Waals surface area (Å²) in [6.45, 7) is 1.65. The van der Waals surface area contributed by atoms with Gasteiger partial charge in [0.2, 0.25) is 0 Å². The molecule has 5 heteroatoms. The summed E-state index contributed by atoms with van der Waals surface area (Å²) < 4.78 is -0.0280. The molecule has 0 aliphatic rings. The molecule has 72 valence electrons. The van der Waals surface area contributed by atoms with Gasteiger partial charge >= 0.3 is 108 Å².